The molecule has 0 aliphatic carbocycles. The molecule has 3 nitrogen and oxygen atoms in total. The molecule has 3 rings (SSSR count). The molecule has 0 amide bonds. The first-order valence-corrected chi connectivity index (χ1v) is 6.46. The average Bonchev–Trinajstić information content (AvgIpc) is 2.68. The Bertz CT molecular complexity index is 566. The molecule has 6 heteroatoms. The summed E-state index contributed by atoms with van der Waals surface area (Å²) in [5, 5.41) is 0.815. The molecule has 1 fully saturated rings. The van der Waals surface area contributed by atoms with Crippen molar-refractivity contribution in [2.24, 2.45) is 5.92 Å². The van der Waals surface area contributed by atoms with Crippen molar-refractivity contribution >= 4 is 26.7 Å². The van der Waals surface area contributed by atoms with Gasteiger partial charge >= 0.3 is 0 Å². The number of aromatic nitrogens is 1. The number of hydrogen-bond acceptors (Lipinski definition) is 4. The Morgan fingerprint density at radius 3 is 2.89 bits per heavy atom. The van der Waals surface area contributed by atoms with Crippen molar-refractivity contribution in [1.82, 2.24) is 4.98 Å². The Kier molecular flexibility index (Phi) is 2.81. The molecule has 0 radical (unpaired) electrons. The van der Waals surface area contributed by atoms with Gasteiger partial charge in [0.2, 0.25) is 6.43 Å². The first-order valence-electron chi connectivity index (χ1n) is 5.65. The second-order valence-corrected chi connectivity index (χ2v) is 5.34. The summed E-state index contributed by atoms with van der Waals surface area (Å²) in [6.45, 7) is 0.795. The van der Waals surface area contributed by atoms with Crippen molar-refractivity contribution in [1.29, 1.82) is 0 Å². The topological polar surface area (TPSA) is 25.4 Å². The van der Waals surface area contributed by atoms with E-state index in [1.54, 1.807) is 7.11 Å². The van der Waals surface area contributed by atoms with Crippen LogP contribution in [0.4, 0.5) is 13.9 Å². The van der Waals surface area contributed by atoms with Crippen LogP contribution in [0.3, 0.4) is 0 Å². The fourth-order valence-electron chi connectivity index (χ4n) is 1.99. The van der Waals surface area contributed by atoms with E-state index in [0.717, 1.165) is 21.1 Å². The van der Waals surface area contributed by atoms with Gasteiger partial charge in [-0.05, 0) is 12.1 Å². The molecule has 1 aliphatic rings. The zero-order chi connectivity index (χ0) is 12.7. The van der Waals surface area contributed by atoms with Crippen LogP contribution < -0.4 is 9.64 Å². The Morgan fingerprint density at radius 1 is 1.44 bits per heavy atom. The van der Waals surface area contributed by atoms with E-state index in [1.807, 2.05) is 23.1 Å². The van der Waals surface area contributed by atoms with Gasteiger partial charge in [-0.3, -0.25) is 0 Å². The molecule has 2 heterocycles. The molecule has 18 heavy (non-hydrogen) atoms. The summed E-state index contributed by atoms with van der Waals surface area (Å²) in [6, 6.07) is 5.68. The highest BCUT2D eigenvalue weighted by Crippen LogP contribution is 2.35. The zero-order valence-corrected chi connectivity index (χ0v) is 10.6. The van der Waals surface area contributed by atoms with Crippen molar-refractivity contribution in [3.8, 4) is 5.75 Å². The van der Waals surface area contributed by atoms with Crippen LogP contribution in [0.25, 0.3) is 10.2 Å². The third kappa shape index (κ3) is 1.90. The van der Waals surface area contributed by atoms with Gasteiger partial charge < -0.3 is 9.64 Å². The molecule has 1 aliphatic heterocycles. The smallest absolute Gasteiger partial charge is 0.244 e. The fourth-order valence-corrected chi connectivity index (χ4v) is 2.95. The second-order valence-electron chi connectivity index (χ2n) is 4.33. The van der Waals surface area contributed by atoms with Gasteiger partial charge in [0.05, 0.1) is 23.2 Å². The Labute approximate surface area is 107 Å². The fraction of sp³-hybridized carbons (Fsp3) is 0.417. The molecule has 0 saturated carbocycles. The van der Waals surface area contributed by atoms with Crippen molar-refractivity contribution < 1.29 is 13.5 Å². The van der Waals surface area contributed by atoms with Gasteiger partial charge in [0, 0.05) is 19.2 Å². The van der Waals surface area contributed by atoms with Crippen LogP contribution in [0, 0.1) is 5.92 Å². The van der Waals surface area contributed by atoms with Crippen LogP contribution in [-0.4, -0.2) is 31.6 Å². The Hall–Kier alpha value is -1.43. The summed E-state index contributed by atoms with van der Waals surface area (Å²) in [5.41, 5.74) is 0.856. The van der Waals surface area contributed by atoms with Crippen LogP contribution in [0.15, 0.2) is 18.2 Å². The van der Waals surface area contributed by atoms with E-state index in [9.17, 15) is 8.78 Å². The molecule has 1 saturated heterocycles. The lowest BCUT2D eigenvalue weighted by Gasteiger charge is -2.38. The van der Waals surface area contributed by atoms with Crippen molar-refractivity contribution in [3.63, 3.8) is 0 Å². The molecule has 0 N–H and O–H groups in total. The van der Waals surface area contributed by atoms with E-state index in [2.05, 4.69) is 4.98 Å². The monoisotopic (exact) mass is 270 g/mol. The largest absolute Gasteiger partial charge is 0.497 e. The van der Waals surface area contributed by atoms with Crippen molar-refractivity contribution in [2.45, 2.75) is 6.43 Å². The minimum atomic E-state index is -2.23. The number of methoxy groups -OCH3 is 1. The number of benzene rings is 1. The number of thiazole rings is 1. The number of nitrogens with zero attached hydrogens (tertiary/aromatic N) is 2. The first-order chi connectivity index (χ1) is 8.67. The number of fused-ring (bicyclic) bond motifs is 1. The summed E-state index contributed by atoms with van der Waals surface area (Å²) in [5.74, 6) is 0.250. The summed E-state index contributed by atoms with van der Waals surface area (Å²) in [6.07, 6.45) is -2.23. The zero-order valence-electron chi connectivity index (χ0n) is 9.77. The minimum absolute atomic E-state index is 0.397. The number of rotatable bonds is 3. The first kappa shape index (κ1) is 11.6. The lowest BCUT2D eigenvalue weighted by Crippen LogP contribution is -2.50. The van der Waals surface area contributed by atoms with E-state index >= 15 is 0 Å². The predicted molar refractivity (Wildman–Crippen MR) is 67.9 cm³/mol. The molecule has 96 valence electrons. The summed E-state index contributed by atoms with van der Waals surface area (Å²) >= 11 is 1.53. The van der Waals surface area contributed by atoms with Crippen LogP contribution in [0.2, 0.25) is 0 Å². The summed E-state index contributed by atoms with van der Waals surface area (Å²) in [7, 11) is 1.61. The normalized spacial score (nSPS) is 16.3. The van der Waals surface area contributed by atoms with Gasteiger partial charge in [-0.1, -0.05) is 11.3 Å². The molecule has 1 aromatic carbocycles. The van der Waals surface area contributed by atoms with E-state index in [0.29, 0.717) is 13.1 Å². The van der Waals surface area contributed by atoms with Gasteiger partial charge in [0.15, 0.2) is 5.13 Å². The van der Waals surface area contributed by atoms with E-state index in [4.69, 9.17) is 4.74 Å². The molecule has 0 bridgehead atoms. The molecule has 1 aromatic heterocycles. The molecule has 2 aromatic rings. The number of alkyl halides is 2. The highest BCUT2D eigenvalue weighted by molar-refractivity contribution is 7.22. The molecule has 0 atom stereocenters. The van der Waals surface area contributed by atoms with Gasteiger partial charge in [-0.15, -0.1) is 0 Å². The lowest BCUT2D eigenvalue weighted by molar-refractivity contribution is 0.0614. The molecular weight excluding hydrogens is 258 g/mol. The quantitative estimate of drug-likeness (QED) is 0.857. The third-order valence-electron chi connectivity index (χ3n) is 3.12. The maximum atomic E-state index is 12.4. The maximum absolute atomic E-state index is 12.4. The van der Waals surface area contributed by atoms with E-state index in [-0.39, 0.29) is 0 Å². The minimum Gasteiger partial charge on any atom is -0.497 e. The van der Waals surface area contributed by atoms with Gasteiger partial charge in [-0.25, -0.2) is 13.8 Å². The average molecular weight is 270 g/mol. The van der Waals surface area contributed by atoms with Gasteiger partial charge in [0.1, 0.15) is 5.75 Å². The lowest BCUT2D eigenvalue weighted by atomic mass is 10.0. The number of halogens is 2. The van der Waals surface area contributed by atoms with E-state index < -0.39 is 12.3 Å². The standard InChI is InChI=1S/C12H12F2N2OS/c1-17-8-2-3-10-9(4-8)15-12(18-10)16-5-7(6-16)11(13)14/h2-4,7,11H,5-6H2,1H3. The van der Waals surface area contributed by atoms with Gasteiger partial charge in [-0.2, -0.15) is 0 Å². The highest BCUT2D eigenvalue weighted by Gasteiger charge is 2.35. The molecule has 0 unspecified atom stereocenters. The van der Waals surface area contributed by atoms with Crippen LogP contribution >= 0.6 is 11.3 Å². The van der Waals surface area contributed by atoms with E-state index in [1.165, 1.54) is 11.3 Å². The second kappa shape index (κ2) is 4.35. The number of ether oxygens (including phenoxy) is 1. The van der Waals surface area contributed by atoms with Crippen molar-refractivity contribution in [3.05, 3.63) is 18.2 Å². The third-order valence-corrected chi connectivity index (χ3v) is 4.22. The predicted octanol–water partition coefficient (Wildman–Crippen LogP) is 3.01. The Morgan fingerprint density at radius 2 is 2.22 bits per heavy atom. The number of anilines is 1. The maximum Gasteiger partial charge on any atom is 0.244 e. The summed E-state index contributed by atoms with van der Waals surface area (Å²) in [4.78, 5) is 6.35. The SMILES string of the molecule is COc1ccc2sc(N3CC(C(F)F)C3)nc2c1. The summed E-state index contributed by atoms with van der Waals surface area (Å²) < 4.78 is 31.0. The molecule has 0 spiro atoms. The van der Waals surface area contributed by atoms with Crippen LogP contribution in [0.5, 0.6) is 5.75 Å². The van der Waals surface area contributed by atoms with Crippen molar-refractivity contribution in [2.75, 3.05) is 25.1 Å². The van der Waals surface area contributed by atoms with Gasteiger partial charge in [0.25, 0.3) is 0 Å². The Balaban J connectivity index is 1.82. The molecular formula is C12H12F2N2OS. The highest BCUT2D eigenvalue weighted by atomic mass is 32.1. The van der Waals surface area contributed by atoms with Crippen LogP contribution in [0.1, 0.15) is 0 Å². The van der Waals surface area contributed by atoms with Crippen LogP contribution in [-0.2, 0) is 0 Å². The number of hydrogen-bond donors (Lipinski definition) is 0.